The topological polar surface area (TPSA) is 88.2 Å². The number of nitrogens with one attached hydrogen (secondary N) is 1. The van der Waals surface area contributed by atoms with Gasteiger partial charge >= 0.3 is 5.97 Å². The fourth-order valence-corrected chi connectivity index (χ4v) is 2.19. The fraction of sp³-hybridized carbons (Fsp3) is 0.0556. The van der Waals surface area contributed by atoms with Crippen molar-refractivity contribution in [2.75, 3.05) is 5.32 Å². The molecular weight excluding hydrogens is 306 g/mol. The van der Waals surface area contributed by atoms with Gasteiger partial charge in [-0.25, -0.2) is 4.79 Å². The molecule has 120 valence electrons. The van der Waals surface area contributed by atoms with Gasteiger partial charge in [0.1, 0.15) is 0 Å². The minimum atomic E-state index is -0.977. The summed E-state index contributed by atoms with van der Waals surface area (Å²) < 4.78 is 5.70. The van der Waals surface area contributed by atoms with Crippen LogP contribution in [0.25, 0.3) is 22.9 Å². The third-order valence-corrected chi connectivity index (χ3v) is 3.27. The average Bonchev–Trinajstić information content (AvgIpc) is 3.04. The summed E-state index contributed by atoms with van der Waals surface area (Å²) in [6, 6.07) is 13.8. The Kier molecular flexibility index (Phi) is 4.11. The Morgan fingerprint density at radius 1 is 1.08 bits per heavy atom. The Bertz CT molecular complexity index is 898. The molecule has 6 nitrogen and oxygen atoms in total. The van der Waals surface area contributed by atoms with Gasteiger partial charge in [0, 0.05) is 22.5 Å². The lowest BCUT2D eigenvalue weighted by atomic mass is 10.1. The average molecular weight is 321 g/mol. The van der Waals surface area contributed by atoms with E-state index in [1.54, 1.807) is 12.1 Å². The quantitative estimate of drug-likeness (QED) is 0.737. The molecule has 0 spiro atoms. The van der Waals surface area contributed by atoms with E-state index in [0.717, 1.165) is 16.9 Å². The zero-order chi connectivity index (χ0) is 17.1. The maximum atomic E-state index is 10.9. The molecule has 0 amide bonds. The zero-order valence-electron chi connectivity index (χ0n) is 13.0. The highest BCUT2D eigenvalue weighted by atomic mass is 16.4. The predicted molar refractivity (Wildman–Crippen MR) is 90.6 cm³/mol. The third-order valence-electron chi connectivity index (χ3n) is 3.27. The first kappa shape index (κ1) is 15.5. The van der Waals surface area contributed by atoms with E-state index in [2.05, 4.69) is 22.1 Å². The van der Waals surface area contributed by atoms with Gasteiger partial charge in [0.15, 0.2) is 0 Å². The molecule has 0 aliphatic carbocycles. The summed E-state index contributed by atoms with van der Waals surface area (Å²) in [4.78, 5) is 10.9. The van der Waals surface area contributed by atoms with Crippen LogP contribution in [0.5, 0.6) is 0 Å². The molecule has 0 atom stereocenters. The molecule has 2 aromatic carbocycles. The van der Waals surface area contributed by atoms with Crippen LogP contribution in [0.3, 0.4) is 0 Å². The maximum Gasteiger partial charge on any atom is 0.335 e. The predicted octanol–water partition coefficient (Wildman–Crippen LogP) is 4.05. The van der Waals surface area contributed by atoms with E-state index < -0.39 is 5.97 Å². The summed E-state index contributed by atoms with van der Waals surface area (Å²) in [6.07, 6.45) is 0. The third kappa shape index (κ3) is 3.33. The number of rotatable bonds is 5. The van der Waals surface area contributed by atoms with Crippen molar-refractivity contribution >= 4 is 11.7 Å². The van der Waals surface area contributed by atoms with E-state index in [1.165, 1.54) is 12.1 Å². The lowest BCUT2D eigenvalue weighted by molar-refractivity contribution is 0.0697. The largest absolute Gasteiger partial charge is 0.478 e. The maximum absolute atomic E-state index is 10.9. The van der Waals surface area contributed by atoms with Gasteiger partial charge in [-0.05, 0) is 49.4 Å². The number of hydrogen-bond acceptors (Lipinski definition) is 5. The first-order valence-corrected chi connectivity index (χ1v) is 7.23. The Morgan fingerprint density at radius 2 is 1.75 bits per heavy atom. The first-order chi connectivity index (χ1) is 11.5. The van der Waals surface area contributed by atoms with Gasteiger partial charge in [0.05, 0.1) is 5.56 Å². The molecule has 1 aromatic heterocycles. The monoisotopic (exact) mass is 321 g/mol. The van der Waals surface area contributed by atoms with Crippen LogP contribution in [0.1, 0.15) is 17.3 Å². The van der Waals surface area contributed by atoms with Gasteiger partial charge in [-0.3, -0.25) is 0 Å². The molecule has 3 rings (SSSR count). The standard InChI is InChI=1S/C18H15N3O3/c1-11(2)19-15-5-3-4-14(10-15)17-21-20-16(24-17)12-6-8-13(9-7-12)18(22)23/h3-10,19H,1H2,2H3,(H,22,23). The normalized spacial score (nSPS) is 10.4. The molecule has 0 saturated carbocycles. The Morgan fingerprint density at radius 3 is 2.38 bits per heavy atom. The first-order valence-electron chi connectivity index (χ1n) is 7.23. The van der Waals surface area contributed by atoms with Crippen molar-refractivity contribution in [2.45, 2.75) is 6.92 Å². The van der Waals surface area contributed by atoms with Crippen molar-refractivity contribution in [3.05, 3.63) is 66.4 Å². The fourth-order valence-electron chi connectivity index (χ4n) is 2.19. The van der Waals surface area contributed by atoms with E-state index in [-0.39, 0.29) is 5.56 Å². The van der Waals surface area contributed by atoms with Crippen LogP contribution in [0.4, 0.5) is 5.69 Å². The van der Waals surface area contributed by atoms with Crippen molar-refractivity contribution in [3.63, 3.8) is 0 Å². The summed E-state index contributed by atoms with van der Waals surface area (Å²) in [5.74, 6) is -0.257. The highest BCUT2D eigenvalue weighted by Crippen LogP contribution is 2.26. The smallest absolute Gasteiger partial charge is 0.335 e. The number of carboxylic acids is 1. The SMILES string of the molecule is C=C(C)Nc1cccc(-c2nnc(-c3ccc(C(=O)O)cc3)o2)c1. The summed E-state index contributed by atoms with van der Waals surface area (Å²) >= 11 is 0. The van der Waals surface area contributed by atoms with Gasteiger partial charge in [0.2, 0.25) is 11.8 Å². The van der Waals surface area contributed by atoms with Gasteiger partial charge in [-0.15, -0.1) is 10.2 Å². The highest BCUT2D eigenvalue weighted by molar-refractivity contribution is 5.88. The van der Waals surface area contributed by atoms with Crippen molar-refractivity contribution in [1.29, 1.82) is 0 Å². The number of aromatic nitrogens is 2. The number of anilines is 1. The lowest BCUT2D eigenvalue weighted by Crippen LogP contribution is -1.94. The summed E-state index contributed by atoms with van der Waals surface area (Å²) in [5.41, 5.74) is 3.36. The number of carbonyl (C=O) groups is 1. The Balaban J connectivity index is 1.87. The van der Waals surface area contributed by atoms with Crippen LogP contribution in [0.15, 0.2) is 65.2 Å². The van der Waals surface area contributed by atoms with Gasteiger partial charge < -0.3 is 14.8 Å². The Labute approximate surface area is 138 Å². The van der Waals surface area contributed by atoms with E-state index in [9.17, 15) is 4.79 Å². The number of benzene rings is 2. The highest BCUT2D eigenvalue weighted by Gasteiger charge is 2.12. The number of allylic oxidation sites excluding steroid dienone is 1. The minimum Gasteiger partial charge on any atom is -0.478 e. The van der Waals surface area contributed by atoms with Crippen molar-refractivity contribution in [1.82, 2.24) is 10.2 Å². The number of hydrogen-bond donors (Lipinski definition) is 2. The molecule has 0 radical (unpaired) electrons. The van der Waals surface area contributed by atoms with E-state index >= 15 is 0 Å². The molecule has 1 heterocycles. The number of carboxylic acid groups (broad SMARTS) is 1. The van der Waals surface area contributed by atoms with Crippen molar-refractivity contribution in [3.8, 4) is 22.9 Å². The summed E-state index contributed by atoms with van der Waals surface area (Å²) in [7, 11) is 0. The molecule has 3 aromatic rings. The molecular formula is C18H15N3O3. The molecule has 0 unspecified atom stereocenters. The molecule has 6 heteroatoms. The van der Waals surface area contributed by atoms with Crippen LogP contribution < -0.4 is 5.32 Å². The second-order valence-corrected chi connectivity index (χ2v) is 5.28. The second kappa shape index (κ2) is 6.37. The number of nitrogens with zero attached hydrogens (tertiary/aromatic N) is 2. The molecule has 2 N–H and O–H groups in total. The van der Waals surface area contributed by atoms with Crippen LogP contribution in [-0.4, -0.2) is 21.3 Å². The van der Waals surface area contributed by atoms with E-state index in [0.29, 0.717) is 17.3 Å². The van der Waals surface area contributed by atoms with Crippen molar-refractivity contribution in [2.24, 2.45) is 0 Å². The number of aromatic carboxylic acids is 1. The van der Waals surface area contributed by atoms with Crippen LogP contribution in [-0.2, 0) is 0 Å². The molecule has 0 saturated heterocycles. The summed E-state index contributed by atoms with van der Waals surface area (Å²) in [6.45, 7) is 5.69. The molecule has 0 aliphatic rings. The van der Waals surface area contributed by atoms with Crippen LogP contribution >= 0.6 is 0 Å². The second-order valence-electron chi connectivity index (χ2n) is 5.28. The molecule has 0 bridgehead atoms. The van der Waals surface area contributed by atoms with E-state index in [4.69, 9.17) is 9.52 Å². The van der Waals surface area contributed by atoms with Crippen molar-refractivity contribution < 1.29 is 14.3 Å². The zero-order valence-corrected chi connectivity index (χ0v) is 13.0. The summed E-state index contributed by atoms with van der Waals surface area (Å²) in [5, 5.41) is 20.1. The van der Waals surface area contributed by atoms with Gasteiger partial charge in [-0.2, -0.15) is 0 Å². The molecule has 0 fully saturated rings. The molecule has 0 aliphatic heterocycles. The van der Waals surface area contributed by atoms with Gasteiger partial charge in [0.25, 0.3) is 0 Å². The van der Waals surface area contributed by atoms with Crippen LogP contribution in [0.2, 0.25) is 0 Å². The lowest BCUT2D eigenvalue weighted by Gasteiger charge is -2.05. The minimum absolute atomic E-state index is 0.206. The van der Waals surface area contributed by atoms with E-state index in [1.807, 2.05) is 31.2 Å². The molecule has 24 heavy (non-hydrogen) atoms. The van der Waals surface area contributed by atoms with Gasteiger partial charge in [-0.1, -0.05) is 12.6 Å². The Hall–Kier alpha value is -3.41. The van der Waals surface area contributed by atoms with Crippen LogP contribution in [0, 0.1) is 0 Å².